The van der Waals surface area contributed by atoms with Crippen LogP contribution in [0.25, 0.3) is 0 Å². The molecule has 110 valence electrons. The summed E-state index contributed by atoms with van der Waals surface area (Å²) in [7, 11) is 0. The van der Waals surface area contributed by atoms with E-state index in [-0.39, 0.29) is 13.0 Å². The Balaban J connectivity index is 2.49. The first-order valence-electron chi connectivity index (χ1n) is 6.24. The third-order valence-electron chi connectivity index (χ3n) is 2.68. The molecule has 0 saturated carbocycles. The van der Waals surface area contributed by atoms with E-state index in [0.29, 0.717) is 5.56 Å². The van der Waals surface area contributed by atoms with Crippen LogP contribution in [0.4, 0.5) is 0 Å². The molecule has 1 aromatic carbocycles. The largest absolute Gasteiger partial charge is 0.480 e. The van der Waals surface area contributed by atoms with E-state index in [1.165, 1.54) is 0 Å². The summed E-state index contributed by atoms with van der Waals surface area (Å²) in [5.41, 5.74) is 1.44. The molecule has 2 amide bonds. The minimum atomic E-state index is -1.22. The zero-order valence-electron chi connectivity index (χ0n) is 11.6. The summed E-state index contributed by atoms with van der Waals surface area (Å²) in [5, 5.41) is 13.5. The molecule has 0 aromatic heterocycles. The minimum Gasteiger partial charge on any atom is -0.480 e. The van der Waals surface area contributed by atoms with Gasteiger partial charge in [-0.05, 0) is 19.1 Å². The van der Waals surface area contributed by atoms with Gasteiger partial charge in [-0.3, -0.25) is 9.59 Å². The average Bonchev–Trinajstić information content (AvgIpc) is 2.45. The number of carbonyl (C=O) groups excluding carboxylic acids is 2. The number of benzene rings is 1. The average molecular weight is 288 g/mol. The second-order valence-electron chi connectivity index (χ2n) is 4.42. The molecule has 0 fully saturated rings. The van der Waals surface area contributed by atoms with E-state index in [1.54, 1.807) is 24.3 Å². The molecule has 0 aliphatic carbocycles. The minimum absolute atomic E-state index is 0.118. The van der Waals surface area contributed by atoms with Gasteiger partial charge in [0.1, 0.15) is 6.04 Å². The van der Waals surface area contributed by atoms with Crippen molar-refractivity contribution >= 4 is 17.8 Å². The highest BCUT2D eigenvalue weighted by Crippen LogP contribution is 2.02. The normalized spacial score (nSPS) is 11.0. The second-order valence-corrected chi connectivity index (χ2v) is 4.42. The van der Waals surface area contributed by atoms with E-state index in [0.717, 1.165) is 5.56 Å². The molecule has 0 spiro atoms. The van der Waals surface area contributed by atoms with Gasteiger partial charge in [-0.15, -0.1) is 12.3 Å². The predicted molar refractivity (Wildman–Crippen MR) is 76.5 cm³/mol. The molecule has 1 rings (SSSR count). The topological polar surface area (TPSA) is 95.5 Å². The predicted octanol–water partition coefficient (Wildman–Crippen LogP) is 0.318. The quantitative estimate of drug-likeness (QED) is 0.657. The molecule has 0 aliphatic rings. The van der Waals surface area contributed by atoms with Crippen LogP contribution >= 0.6 is 0 Å². The Morgan fingerprint density at radius 2 is 1.90 bits per heavy atom. The summed E-state index contributed by atoms with van der Waals surface area (Å²) < 4.78 is 0. The van der Waals surface area contributed by atoms with E-state index in [4.69, 9.17) is 11.5 Å². The molecule has 0 bridgehead atoms. The third kappa shape index (κ3) is 5.37. The van der Waals surface area contributed by atoms with E-state index in [9.17, 15) is 14.4 Å². The molecular weight excluding hydrogens is 272 g/mol. The van der Waals surface area contributed by atoms with Crippen LogP contribution < -0.4 is 10.6 Å². The maximum absolute atomic E-state index is 11.8. The first-order valence-corrected chi connectivity index (χ1v) is 6.24. The Hall–Kier alpha value is -2.81. The van der Waals surface area contributed by atoms with Crippen LogP contribution in [0.1, 0.15) is 22.3 Å². The highest BCUT2D eigenvalue weighted by atomic mass is 16.4. The smallest absolute Gasteiger partial charge is 0.327 e. The number of hydrogen-bond acceptors (Lipinski definition) is 3. The molecule has 1 aromatic rings. The molecule has 1 unspecified atom stereocenters. The fourth-order valence-electron chi connectivity index (χ4n) is 1.53. The van der Waals surface area contributed by atoms with Crippen molar-refractivity contribution in [3.8, 4) is 12.3 Å². The lowest BCUT2D eigenvalue weighted by Gasteiger charge is -2.12. The number of terminal acetylenes is 1. The van der Waals surface area contributed by atoms with Crippen molar-refractivity contribution < 1.29 is 19.5 Å². The molecule has 0 saturated heterocycles. The van der Waals surface area contributed by atoms with E-state index in [1.807, 2.05) is 6.92 Å². The number of carboxylic acid groups (broad SMARTS) is 1. The van der Waals surface area contributed by atoms with Crippen LogP contribution in [0, 0.1) is 19.3 Å². The standard InChI is InChI=1S/C15H16N2O4/c1-3-4-12(15(20)21)17-13(18)9-16-14(19)11-7-5-10(2)6-8-11/h1,5-8,12H,4,9H2,2H3,(H,16,19)(H,17,18)(H,20,21). The fourth-order valence-corrected chi connectivity index (χ4v) is 1.53. The van der Waals surface area contributed by atoms with Crippen molar-refractivity contribution in [2.75, 3.05) is 6.54 Å². The molecule has 0 radical (unpaired) electrons. The molecule has 0 aliphatic heterocycles. The van der Waals surface area contributed by atoms with Crippen molar-refractivity contribution in [2.24, 2.45) is 0 Å². The zero-order chi connectivity index (χ0) is 15.8. The summed E-state index contributed by atoms with van der Waals surface area (Å²) in [6, 6.07) is 5.69. The van der Waals surface area contributed by atoms with E-state index < -0.39 is 23.8 Å². The number of hydrogen-bond donors (Lipinski definition) is 3. The number of rotatable bonds is 6. The SMILES string of the molecule is C#CCC(NC(=O)CNC(=O)c1ccc(C)cc1)C(=O)O. The lowest BCUT2D eigenvalue weighted by molar-refractivity contribution is -0.141. The molecule has 6 heteroatoms. The van der Waals surface area contributed by atoms with Gasteiger partial charge in [0.2, 0.25) is 5.91 Å². The van der Waals surface area contributed by atoms with Crippen LogP contribution in [0.15, 0.2) is 24.3 Å². The highest BCUT2D eigenvalue weighted by Gasteiger charge is 2.18. The lowest BCUT2D eigenvalue weighted by atomic mass is 10.1. The van der Waals surface area contributed by atoms with Crippen molar-refractivity contribution in [1.82, 2.24) is 10.6 Å². The Morgan fingerprint density at radius 3 is 2.43 bits per heavy atom. The Labute approximate surface area is 122 Å². The summed E-state index contributed by atoms with van der Waals surface area (Å²) >= 11 is 0. The lowest BCUT2D eigenvalue weighted by Crippen LogP contribution is -2.45. The summed E-state index contributed by atoms with van der Waals surface area (Å²) in [6.45, 7) is 1.58. The molecular formula is C15H16N2O4. The van der Waals surface area contributed by atoms with Crippen molar-refractivity contribution in [3.05, 3.63) is 35.4 Å². The van der Waals surface area contributed by atoms with Gasteiger partial charge in [-0.25, -0.2) is 4.79 Å². The number of carboxylic acids is 1. The Bertz CT molecular complexity index is 572. The van der Waals surface area contributed by atoms with Gasteiger partial charge in [0.05, 0.1) is 6.54 Å². The Morgan fingerprint density at radius 1 is 1.29 bits per heavy atom. The first-order chi connectivity index (χ1) is 9.93. The molecule has 6 nitrogen and oxygen atoms in total. The van der Waals surface area contributed by atoms with Crippen molar-refractivity contribution in [3.63, 3.8) is 0 Å². The molecule has 3 N–H and O–H groups in total. The fraction of sp³-hybridized carbons (Fsp3) is 0.267. The van der Waals surface area contributed by atoms with Gasteiger partial charge in [0.15, 0.2) is 0 Å². The maximum Gasteiger partial charge on any atom is 0.327 e. The summed E-state index contributed by atoms with van der Waals surface area (Å²) in [4.78, 5) is 34.1. The van der Waals surface area contributed by atoms with E-state index in [2.05, 4.69) is 16.6 Å². The van der Waals surface area contributed by atoms with Crippen LogP contribution in [0.5, 0.6) is 0 Å². The number of amides is 2. The summed E-state index contributed by atoms with van der Waals surface area (Å²) in [6.07, 6.45) is 4.90. The first kappa shape index (κ1) is 16.2. The highest BCUT2D eigenvalue weighted by molar-refractivity contribution is 5.96. The van der Waals surface area contributed by atoms with Crippen LogP contribution in [0.2, 0.25) is 0 Å². The maximum atomic E-state index is 11.8. The molecule has 21 heavy (non-hydrogen) atoms. The Kier molecular flexibility index (Phi) is 5.96. The van der Waals surface area contributed by atoms with Gasteiger partial charge >= 0.3 is 5.97 Å². The van der Waals surface area contributed by atoms with Crippen LogP contribution in [0.3, 0.4) is 0 Å². The van der Waals surface area contributed by atoms with E-state index >= 15 is 0 Å². The van der Waals surface area contributed by atoms with Crippen LogP contribution in [-0.4, -0.2) is 35.5 Å². The number of carbonyl (C=O) groups is 3. The van der Waals surface area contributed by atoms with Gasteiger partial charge in [-0.2, -0.15) is 0 Å². The van der Waals surface area contributed by atoms with Crippen molar-refractivity contribution in [1.29, 1.82) is 0 Å². The molecule has 1 atom stereocenters. The molecule has 0 heterocycles. The van der Waals surface area contributed by atoms with Gasteiger partial charge in [-0.1, -0.05) is 17.7 Å². The zero-order valence-corrected chi connectivity index (χ0v) is 11.6. The van der Waals surface area contributed by atoms with Crippen LogP contribution in [-0.2, 0) is 9.59 Å². The van der Waals surface area contributed by atoms with Crippen molar-refractivity contribution in [2.45, 2.75) is 19.4 Å². The van der Waals surface area contributed by atoms with Gasteiger partial charge < -0.3 is 15.7 Å². The summed E-state index contributed by atoms with van der Waals surface area (Å²) in [5.74, 6) is -0.0701. The third-order valence-corrected chi connectivity index (χ3v) is 2.68. The number of nitrogens with one attached hydrogen (secondary N) is 2. The number of aryl methyl sites for hydroxylation is 1. The number of aliphatic carboxylic acids is 1. The second kappa shape index (κ2) is 7.70. The van der Waals surface area contributed by atoms with Gasteiger partial charge in [0.25, 0.3) is 5.91 Å². The van der Waals surface area contributed by atoms with Gasteiger partial charge in [0, 0.05) is 12.0 Å². The monoisotopic (exact) mass is 288 g/mol.